The number of nitrogens with zero attached hydrogens (tertiary/aromatic N) is 1. The van der Waals surface area contributed by atoms with Crippen LogP contribution in [0.3, 0.4) is 0 Å². The fourth-order valence-electron chi connectivity index (χ4n) is 2.94. The number of piperidine rings is 1. The molecule has 1 saturated heterocycles. The molecule has 1 N–H and O–H groups in total. The van der Waals surface area contributed by atoms with Crippen molar-refractivity contribution in [2.75, 3.05) is 5.32 Å². The van der Waals surface area contributed by atoms with Gasteiger partial charge in [-0.2, -0.15) is 13.2 Å². The van der Waals surface area contributed by atoms with E-state index in [0.717, 1.165) is 31.4 Å². The summed E-state index contributed by atoms with van der Waals surface area (Å²) in [4.78, 5) is 26.0. The molecule has 1 aromatic carbocycles. The quantitative estimate of drug-likeness (QED) is 0.765. The molecule has 0 saturated carbocycles. The van der Waals surface area contributed by atoms with Crippen LogP contribution in [0.25, 0.3) is 0 Å². The van der Waals surface area contributed by atoms with Crippen molar-refractivity contribution in [3.8, 4) is 0 Å². The first-order valence-corrected chi connectivity index (χ1v) is 7.99. The molecule has 1 aliphatic rings. The molecule has 1 aromatic rings. The number of hydrogen-bond donors (Lipinski definition) is 1. The molecule has 2 rings (SSSR count). The molecule has 24 heavy (non-hydrogen) atoms. The van der Waals surface area contributed by atoms with E-state index in [4.69, 9.17) is 11.6 Å². The lowest BCUT2D eigenvalue weighted by Crippen LogP contribution is -2.51. The number of carbonyl (C=O) groups is 2. The molecule has 2 amide bonds. The fourth-order valence-corrected chi connectivity index (χ4v) is 3.17. The normalized spacial score (nSPS) is 21.5. The predicted octanol–water partition coefficient (Wildman–Crippen LogP) is 4.09. The molecule has 0 aromatic heterocycles. The first kappa shape index (κ1) is 18.6. The highest BCUT2D eigenvalue weighted by Crippen LogP contribution is 2.36. The smallest absolute Gasteiger partial charge is 0.329 e. The molecule has 8 heteroatoms. The van der Waals surface area contributed by atoms with Crippen LogP contribution >= 0.6 is 11.6 Å². The van der Waals surface area contributed by atoms with Gasteiger partial charge in [-0.05, 0) is 51.3 Å². The van der Waals surface area contributed by atoms with E-state index in [1.807, 2.05) is 13.8 Å². The van der Waals surface area contributed by atoms with E-state index in [2.05, 4.69) is 5.32 Å². The van der Waals surface area contributed by atoms with E-state index in [1.54, 1.807) is 0 Å². The molecule has 2 unspecified atom stereocenters. The highest BCUT2D eigenvalue weighted by molar-refractivity contribution is 6.39. The summed E-state index contributed by atoms with van der Waals surface area (Å²) < 4.78 is 38.5. The number of nitrogens with one attached hydrogen (secondary N) is 1. The molecule has 2 atom stereocenters. The van der Waals surface area contributed by atoms with Crippen molar-refractivity contribution in [2.24, 2.45) is 0 Å². The minimum atomic E-state index is -4.64. The number of likely N-dealkylation sites (tertiary alicyclic amines) is 1. The van der Waals surface area contributed by atoms with Gasteiger partial charge in [-0.3, -0.25) is 9.59 Å². The number of benzene rings is 1. The van der Waals surface area contributed by atoms with Crippen LogP contribution in [-0.2, 0) is 15.8 Å². The summed E-state index contributed by atoms with van der Waals surface area (Å²) >= 11 is 5.53. The van der Waals surface area contributed by atoms with Crippen LogP contribution in [0.4, 0.5) is 18.9 Å². The Morgan fingerprint density at radius 2 is 1.79 bits per heavy atom. The molecule has 1 heterocycles. The number of alkyl halides is 3. The molecule has 0 aliphatic carbocycles. The van der Waals surface area contributed by atoms with Crippen molar-refractivity contribution >= 4 is 29.1 Å². The summed E-state index contributed by atoms with van der Waals surface area (Å²) in [5, 5.41) is 1.76. The van der Waals surface area contributed by atoms with E-state index in [9.17, 15) is 22.8 Å². The third-order valence-electron chi connectivity index (χ3n) is 4.15. The van der Waals surface area contributed by atoms with Gasteiger partial charge in [-0.25, -0.2) is 0 Å². The van der Waals surface area contributed by atoms with E-state index in [-0.39, 0.29) is 17.8 Å². The van der Waals surface area contributed by atoms with Gasteiger partial charge in [0, 0.05) is 17.8 Å². The van der Waals surface area contributed by atoms with Gasteiger partial charge in [0.05, 0.1) is 10.6 Å². The standard InChI is InChI=1S/C16H18ClF3N2O2/c1-9-4-3-5-10(2)22(9)15(24)14(23)21-11-6-7-13(17)12(8-11)16(18,19)20/h6-10H,3-5H2,1-2H3,(H,21,23). The number of halogens is 4. The molecule has 4 nitrogen and oxygen atoms in total. The van der Waals surface area contributed by atoms with Gasteiger partial charge < -0.3 is 10.2 Å². The first-order chi connectivity index (χ1) is 11.1. The Bertz CT molecular complexity index is 639. The maximum atomic E-state index is 12.8. The maximum Gasteiger partial charge on any atom is 0.417 e. The number of carbonyl (C=O) groups excluding carboxylic acids is 2. The van der Waals surface area contributed by atoms with Gasteiger partial charge in [-0.1, -0.05) is 11.6 Å². The SMILES string of the molecule is CC1CCCC(C)N1C(=O)C(=O)Nc1ccc(Cl)c(C(F)(F)F)c1. The van der Waals surface area contributed by atoms with Crippen molar-refractivity contribution in [3.63, 3.8) is 0 Å². The third kappa shape index (κ3) is 4.01. The van der Waals surface area contributed by atoms with Gasteiger partial charge in [0.1, 0.15) is 0 Å². The number of rotatable bonds is 1. The van der Waals surface area contributed by atoms with Crippen LogP contribution in [0.5, 0.6) is 0 Å². The molecule has 0 bridgehead atoms. The predicted molar refractivity (Wildman–Crippen MR) is 84.7 cm³/mol. The van der Waals surface area contributed by atoms with E-state index in [1.165, 1.54) is 11.0 Å². The maximum absolute atomic E-state index is 12.8. The topological polar surface area (TPSA) is 49.4 Å². The van der Waals surface area contributed by atoms with Gasteiger partial charge >= 0.3 is 18.0 Å². The van der Waals surface area contributed by atoms with Crippen LogP contribution < -0.4 is 5.32 Å². The van der Waals surface area contributed by atoms with Crippen LogP contribution in [0, 0.1) is 0 Å². The van der Waals surface area contributed by atoms with Gasteiger partial charge in [0.25, 0.3) is 0 Å². The zero-order valence-electron chi connectivity index (χ0n) is 13.3. The van der Waals surface area contributed by atoms with Crippen LogP contribution in [-0.4, -0.2) is 28.8 Å². The summed E-state index contributed by atoms with van der Waals surface area (Å²) in [7, 11) is 0. The lowest BCUT2D eigenvalue weighted by atomic mass is 9.97. The van der Waals surface area contributed by atoms with Gasteiger partial charge in [-0.15, -0.1) is 0 Å². The second-order valence-electron chi connectivity index (χ2n) is 5.99. The van der Waals surface area contributed by atoms with E-state index >= 15 is 0 Å². The fraction of sp³-hybridized carbons (Fsp3) is 0.500. The zero-order valence-corrected chi connectivity index (χ0v) is 14.0. The van der Waals surface area contributed by atoms with Crippen LogP contribution in [0.1, 0.15) is 38.7 Å². The van der Waals surface area contributed by atoms with Crippen molar-refractivity contribution in [2.45, 2.75) is 51.4 Å². The minimum absolute atomic E-state index is 0.0806. The molecule has 0 radical (unpaired) electrons. The van der Waals surface area contributed by atoms with Gasteiger partial charge in [0.15, 0.2) is 0 Å². The molecular formula is C16H18ClF3N2O2. The molecule has 1 fully saturated rings. The Morgan fingerprint density at radius 3 is 2.33 bits per heavy atom. The van der Waals surface area contributed by atoms with Crippen molar-refractivity contribution < 1.29 is 22.8 Å². The Kier molecular flexibility index (Phi) is 5.42. The molecule has 1 aliphatic heterocycles. The summed E-state index contributed by atoms with van der Waals surface area (Å²) in [6.07, 6.45) is -2.08. The monoisotopic (exact) mass is 362 g/mol. The van der Waals surface area contributed by atoms with Crippen molar-refractivity contribution in [1.82, 2.24) is 4.90 Å². The average molecular weight is 363 g/mol. The largest absolute Gasteiger partial charge is 0.417 e. The van der Waals surface area contributed by atoms with Crippen LogP contribution in [0.15, 0.2) is 18.2 Å². The highest BCUT2D eigenvalue weighted by Gasteiger charge is 2.35. The summed E-state index contributed by atoms with van der Waals surface area (Å²) in [6, 6.07) is 2.82. The Labute approximate surface area is 143 Å². The Morgan fingerprint density at radius 1 is 1.21 bits per heavy atom. The third-order valence-corrected chi connectivity index (χ3v) is 4.48. The van der Waals surface area contributed by atoms with Gasteiger partial charge in [0.2, 0.25) is 0 Å². The lowest BCUT2D eigenvalue weighted by molar-refractivity contribution is -0.147. The van der Waals surface area contributed by atoms with E-state index < -0.39 is 28.6 Å². The molecule has 0 spiro atoms. The second-order valence-corrected chi connectivity index (χ2v) is 6.40. The average Bonchev–Trinajstić information content (AvgIpc) is 2.47. The number of hydrogen-bond acceptors (Lipinski definition) is 2. The second kappa shape index (κ2) is 7.01. The highest BCUT2D eigenvalue weighted by atomic mass is 35.5. The van der Waals surface area contributed by atoms with Crippen molar-refractivity contribution in [3.05, 3.63) is 28.8 Å². The van der Waals surface area contributed by atoms with E-state index in [0.29, 0.717) is 0 Å². The zero-order chi connectivity index (χ0) is 18.1. The molecule has 132 valence electrons. The lowest BCUT2D eigenvalue weighted by Gasteiger charge is -2.38. The van der Waals surface area contributed by atoms with Crippen molar-refractivity contribution in [1.29, 1.82) is 0 Å². The minimum Gasteiger partial charge on any atom is -0.329 e. The Hall–Kier alpha value is -1.76. The summed E-state index contributed by atoms with van der Waals surface area (Å²) in [5.74, 6) is -1.69. The number of anilines is 1. The Balaban J connectivity index is 2.16. The number of amides is 2. The first-order valence-electron chi connectivity index (χ1n) is 7.61. The van der Waals surface area contributed by atoms with Crippen LogP contribution in [0.2, 0.25) is 5.02 Å². The summed E-state index contributed by atoms with van der Waals surface area (Å²) in [5.41, 5.74) is -1.18. The molecular weight excluding hydrogens is 345 g/mol. The summed E-state index contributed by atoms with van der Waals surface area (Å²) in [6.45, 7) is 3.70.